The van der Waals surface area contributed by atoms with Crippen LogP contribution in [0.2, 0.25) is 0 Å². The van der Waals surface area contributed by atoms with E-state index in [9.17, 15) is 20.6 Å². The predicted molar refractivity (Wildman–Crippen MR) is 106 cm³/mol. The summed E-state index contributed by atoms with van der Waals surface area (Å²) in [5, 5.41) is 30.4. The molecule has 0 heterocycles. The quantitative estimate of drug-likeness (QED) is 0.368. The van der Waals surface area contributed by atoms with E-state index in [0.29, 0.717) is 5.75 Å². The van der Waals surface area contributed by atoms with Gasteiger partial charge in [0.25, 0.3) is 5.69 Å². The van der Waals surface area contributed by atoms with Crippen molar-refractivity contribution in [2.45, 2.75) is 12.3 Å². The van der Waals surface area contributed by atoms with Crippen LogP contribution in [0.3, 0.4) is 0 Å². The Morgan fingerprint density at radius 3 is 2.25 bits per heavy atom. The molecule has 0 saturated carbocycles. The highest BCUT2D eigenvalue weighted by Crippen LogP contribution is 2.40. The third-order valence-corrected chi connectivity index (χ3v) is 4.46. The lowest BCUT2D eigenvalue weighted by atomic mass is 9.71. The Bertz CT molecular complexity index is 935. The van der Waals surface area contributed by atoms with Crippen LogP contribution < -0.4 is 4.74 Å². The topological polar surface area (TPSA) is 100.0 Å². The summed E-state index contributed by atoms with van der Waals surface area (Å²) in [5.74, 6) is 0.145. The van der Waals surface area contributed by atoms with E-state index in [-0.39, 0.29) is 12.1 Å². The first-order valence-electron chi connectivity index (χ1n) is 8.49. The normalized spacial score (nSPS) is 12.0. The van der Waals surface area contributed by atoms with Crippen LogP contribution in [0, 0.1) is 38.2 Å². The lowest BCUT2D eigenvalue weighted by Gasteiger charge is -2.26. The highest BCUT2D eigenvalue weighted by Gasteiger charge is 2.38. The van der Waals surface area contributed by atoms with Gasteiger partial charge in [-0.05, 0) is 41.8 Å². The maximum atomic E-state index is 10.8. The summed E-state index contributed by atoms with van der Waals surface area (Å²) in [6, 6.07) is 17.5. The summed E-state index contributed by atoms with van der Waals surface area (Å²) >= 11 is 0. The number of methoxy groups -OCH3 is 1. The summed E-state index contributed by atoms with van der Waals surface area (Å²) in [7, 11) is 1.56. The number of nitrogens with zero attached hydrogens (tertiary/aromatic N) is 3. The van der Waals surface area contributed by atoms with E-state index >= 15 is 0 Å². The van der Waals surface area contributed by atoms with Gasteiger partial charge in [0, 0.05) is 18.1 Å². The average molecular weight is 373 g/mol. The molecule has 0 bridgehead atoms. The number of hydrogen-bond donors (Lipinski definition) is 0. The van der Waals surface area contributed by atoms with Crippen molar-refractivity contribution in [3.05, 3.63) is 88.5 Å². The summed E-state index contributed by atoms with van der Waals surface area (Å²) in [4.78, 5) is 10.3. The number of non-ortho nitro benzene ring substituents is 1. The lowest BCUT2D eigenvalue weighted by Crippen LogP contribution is -2.24. The summed E-state index contributed by atoms with van der Waals surface area (Å²) in [6.45, 7) is 3.68. The zero-order chi connectivity index (χ0) is 20.6. The van der Waals surface area contributed by atoms with Crippen molar-refractivity contribution in [3.8, 4) is 17.9 Å². The molecule has 0 aliphatic carbocycles. The molecule has 2 aromatic rings. The van der Waals surface area contributed by atoms with Gasteiger partial charge in [-0.25, -0.2) is 0 Å². The molecule has 140 valence electrons. The van der Waals surface area contributed by atoms with Crippen molar-refractivity contribution in [1.29, 1.82) is 10.5 Å². The number of nitriles is 2. The van der Waals surface area contributed by atoms with Gasteiger partial charge in [-0.1, -0.05) is 30.4 Å². The van der Waals surface area contributed by atoms with Crippen LogP contribution in [0.5, 0.6) is 5.75 Å². The Kier molecular flexibility index (Phi) is 6.68. The Labute approximate surface area is 163 Å². The molecule has 0 aliphatic rings. The molecule has 0 N–H and O–H groups in total. The second kappa shape index (κ2) is 9.16. The molecule has 0 spiro atoms. The smallest absolute Gasteiger partial charge is 0.269 e. The molecule has 0 aromatic heterocycles. The molecule has 0 saturated heterocycles. The first-order chi connectivity index (χ1) is 13.5. The average Bonchev–Trinajstić information content (AvgIpc) is 2.73. The Hall–Kier alpha value is -3.90. The third kappa shape index (κ3) is 4.44. The maximum absolute atomic E-state index is 10.8. The first kappa shape index (κ1) is 20.4. The van der Waals surface area contributed by atoms with E-state index in [2.05, 4.69) is 18.7 Å². The molecular weight excluding hydrogens is 354 g/mol. The van der Waals surface area contributed by atoms with Crippen molar-refractivity contribution in [3.63, 3.8) is 0 Å². The number of benzene rings is 2. The van der Waals surface area contributed by atoms with Crippen LogP contribution in [0.25, 0.3) is 6.08 Å². The fourth-order valence-electron chi connectivity index (χ4n) is 2.90. The number of nitro benzene ring substituents is 1. The molecule has 28 heavy (non-hydrogen) atoms. The summed E-state index contributed by atoms with van der Waals surface area (Å²) in [5.41, 5.74) is 0.184. The minimum atomic E-state index is -1.33. The van der Waals surface area contributed by atoms with E-state index in [4.69, 9.17) is 4.74 Å². The molecular formula is C22H19N3O3. The number of ether oxygens (including phenoxy) is 1. The molecule has 2 aromatic carbocycles. The molecule has 2 rings (SSSR count). The third-order valence-electron chi connectivity index (χ3n) is 4.46. The van der Waals surface area contributed by atoms with Crippen molar-refractivity contribution in [1.82, 2.24) is 0 Å². The number of hydrogen-bond acceptors (Lipinski definition) is 5. The van der Waals surface area contributed by atoms with Crippen LogP contribution in [-0.4, -0.2) is 12.0 Å². The molecule has 1 unspecified atom stereocenters. The van der Waals surface area contributed by atoms with Crippen molar-refractivity contribution in [2.24, 2.45) is 5.41 Å². The highest BCUT2D eigenvalue weighted by atomic mass is 16.6. The highest BCUT2D eigenvalue weighted by molar-refractivity contribution is 5.54. The first-order valence-corrected chi connectivity index (χ1v) is 8.49. The minimum Gasteiger partial charge on any atom is -0.497 e. The van der Waals surface area contributed by atoms with Gasteiger partial charge in [0.05, 0.1) is 24.2 Å². The van der Waals surface area contributed by atoms with E-state index in [0.717, 1.165) is 11.1 Å². The van der Waals surface area contributed by atoms with Crippen molar-refractivity contribution >= 4 is 11.8 Å². The monoisotopic (exact) mass is 373 g/mol. The summed E-state index contributed by atoms with van der Waals surface area (Å²) < 4.78 is 5.18. The molecule has 0 aliphatic heterocycles. The van der Waals surface area contributed by atoms with Gasteiger partial charge in [-0.2, -0.15) is 10.5 Å². The number of allylic oxidation sites excluding steroid dienone is 2. The van der Waals surface area contributed by atoms with E-state index in [1.807, 2.05) is 12.1 Å². The van der Waals surface area contributed by atoms with E-state index in [1.54, 1.807) is 49.6 Å². The molecule has 0 amide bonds. The predicted octanol–water partition coefficient (Wildman–Crippen LogP) is 5.01. The number of nitro groups is 1. The Balaban J connectivity index is 2.47. The molecule has 6 heteroatoms. The molecule has 6 nitrogen and oxygen atoms in total. The largest absolute Gasteiger partial charge is 0.497 e. The van der Waals surface area contributed by atoms with Crippen LogP contribution >= 0.6 is 0 Å². The Morgan fingerprint density at radius 1 is 1.18 bits per heavy atom. The zero-order valence-electron chi connectivity index (χ0n) is 15.4. The van der Waals surface area contributed by atoms with Gasteiger partial charge in [0.15, 0.2) is 5.41 Å². The van der Waals surface area contributed by atoms with Gasteiger partial charge in [-0.3, -0.25) is 10.1 Å². The lowest BCUT2D eigenvalue weighted by molar-refractivity contribution is -0.384. The van der Waals surface area contributed by atoms with Gasteiger partial charge in [0.2, 0.25) is 0 Å². The fourth-order valence-corrected chi connectivity index (χ4v) is 2.90. The maximum Gasteiger partial charge on any atom is 0.269 e. The molecule has 1 atom stereocenters. The van der Waals surface area contributed by atoms with Gasteiger partial charge >= 0.3 is 0 Å². The zero-order valence-corrected chi connectivity index (χ0v) is 15.4. The standard InChI is InChI=1S/C22H19N3O3/c1-3-14-22(15-23,16-24)21(18-7-11-20(28-2)12-8-18)13-6-17-4-9-19(10-5-17)25(26)27/h3-13,21H,1,14H2,2H3. The molecule has 0 fully saturated rings. The second-order valence-corrected chi connectivity index (χ2v) is 6.15. The van der Waals surface area contributed by atoms with Gasteiger partial charge in [-0.15, -0.1) is 6.58 Å². The van der Waals surface area contributed by atoms with Crippen LogP contribution in [-0.2, 0) is 0 Å². The fraction of sp³-hybridized carbons (Fsp3) is 0.182. The van der Waals surface area contributed by atoms with Gasteiger partial charge < -0.3 is 4.74 Å². The summed E-state index contributed by atoms with van der Waals surface area (Å²) in [6.07, 6.45) is 5.29. The minimum absolute atomic E-state index is 0.00101. The van der Waals surface area contributed by atoms with E-state index in [1.165, 1.54) is 12.1 Å². The number of rotatable bonds is 8. The Morgan fingerprint density at radius 2 is 1.79 bits per heavy atom. The van der Waals surface area contributed by atoms with E-state index < -0.39 is 16.3 Å². The second-order valence-electron chi connectivity index (χ2n) is 6.15. The molecule has 0 radical (unpaired) electrons. The van der Waals surface area contributed by atoms with Crippen LogP contribution in [0.4, 0.5) is 5.69 Å². The van der Waals surface area contributed by atoms with Crippen LogP contribution in [0.1, 0.15) is 23.5 Å². The van der Waals surface area contributed by atoms with Gasteiger partial charge in [0.1, 0.15) is 5.75 Å². The van der Waals surface area contributed by atoms with Crippen LogP contribution in [0.15, 0.2) is 67.3 Å². The van der Waals surface area contributed by atoms with Crippen molar-refractivity contribution in [2.75, 3.05) is 7.11 Å². The SMILES string of the molecule is C=CCC(C#N)(C#N)C(C=Cc1ccc([N+](=O)[O-])cc1)c1ccc(OC)cc1. The van der Waals surface area contributed by atoms with Crippen molar-refractivity contribution < 1.29 is 9.66 Å².